The van der Waals surface area contributed by atoms with Crippen molar-refractivity contribution in [2.45, 2.75) is 62.5 Å². The van der Waals surface area contributed by atoms with E-state index in [0.717, 1.165) is 44.1 Å². The topological polar surface area (TPSA) is 32.3 Å². The number of nitrogens with one attached hydrogen (secondary N) is 1. The molecule has 2 nitrogen and oxygen atoms in total. The molecule has 0 aliphatic heterocycles. The summed E-state index contributed by atoms with van der Waals surface area (Å²) >= 11 is 0. The molecule has 2 aliphatic carbocycles. The van der Waals surface area contributed by atoms with E-state index in [9.17, 15) is 9.50 Å². The first kappa shape index (κ1) is 14.0. The Bertz CT molecular complexity index is 450. The number of hydrogen-bond acceptors (Lipinski definition) is 2. The van der Waals surface area contributed by atoms with Gasteiger partial charge in [0.05, 0.1) is 5.60 Å². The molecule has 2 saturated carbocycles. The molecule has 0 radical (unpaired) electrons. The minimum Gasteiger partial charge on any atom is -0.389 e. The van der Waals surface area contributed by atoms with Crippen LogP contribution in [0.3, 0.4) is 0 Å². The van der Waals surface area contributed by atoms with E-state index in [0.29, 0.717) is 18.5 Å². The molecule has 0 bridgehead atoms. The van der Waals surface area contributed by atoms with Gasteiger partial charge >= 0.3 is 0 Å². The lowest BCUT2D eigenvalue weighted by Crippen LogP contribution is -2.49. The van der Waals surface area contributed by atoms with Gasteiger partial charge in [0.15, 0.2) is 0 Å². The van der Waals surface area contributed by atoms with Crippen molar-refractivity contribution in [2.24, 2.45) is 0 Å². The van der Waals surface area contributed by atoms with Crippen molar-refractivity contribution in [3.05, 3.63) is 35.6 Å². The van der Waals surface area contributed by atoms with Gasteiger partial charge in [0.2, 0.25) is 0 Å². The number of rotatable bonds is 4. The molecule has 1 aromatic rings. The molecule has 2 fully saturated rings. The van der Waals surface area contributed by atoms with Crippen molar-refractivity contribution in [1.82, 2.24) is 5.32 Å². The average molecular weight is 277 g/mol. The fourth-order valence-corrected chi connectivity index (χ4v) is 3.54. The van der Waals surface area contributed by atoms with Gasteiger partial charge in [-0.05, 0) is 49.3 Å². The smallest absolute Gasteiger partial charge is 0.123 e. The van der Waals surface area contributed by atoms with Crippen LogP contribution in [0.25, 0.3) is 0 Å². The highest BCUT2D eigenvalue weighted by atomic mass is 19.1. The molecule has 0 heterocycles. The van der Waals surface area contributed by atoms with Crippen LogP contribution >= 0.6 is 0 Å². The molecule has 0 saturated heterocycles. The van der Waals surface area contributed by atoms with Crippen molar-refractivity contribution < 1.29 is 9.50 Å². The van der Waals surface area contributed by atoms with E-state index in [1.807, 2.05) is 6.07 Å². The third-order valence-electron chi connectivity index (χ3n) is 4.96. The van der Waals surface area contributed by atoms with E-state index in [1.165, 1.54) is 12.5 Å². The number of halogens is 1. The van der Waals surface area contributed by atoms with Gasteiger partial charge in [-0.3, -0.25) is 0 Å². The monoisotopic (exact) mass is 277 g/mol. The van der Waals surface area contributed by atoms with Crippen molar-refractivity contribution in [3.8, 4) is 0 Å². The van der Waals surface area contributed by atoms with Gasteiger partial charge in [-0.2, -0.15) is 0 Å². The number of aliphatic hydroxyl groups is 1. The third-order valence-corrected chi connectivity index (χ3v) is 4.96. The first-order valence-electron chi connectivity index (χ1n) is 7.86. The number of benzene rings is 1. The van der Waals surface area contributed by atoms with Gasteiger partial charge in [0.25, 0.3) is 0 Å². The molecule has 2 N–H and O–H groups in total. The maximum absolute atomic E-state index is 13.2. The zero-order valence-electron chi connectivity index (χ0n) is 11.9. The van der Waals surface area contributed by atoms with Gasteiger partial charge in [0, 0.05) is 12.6 Å². The van der Waals surface area contributed by atoms with Crippen molar-refractivity contribution in [1.29, 1.82) is 0 Å². The molecule has 0 spiro atoms. The lowest BCUT2D eigenvalue weighted by molar-refractivity contribution is -0.000287. The first-order valence-corrected chi connectivity index (χ1v) is 7.86. The van der Waals surface area contributed by atoms with Crippen LogP contribution in [0.5, 0.6) is 0 Å². The summed E-state index contributed by atoms with van der Waals surface area (Å²) in [4.78, 5) is 0. The second kappa shape index (κ2) is 5.82. The molecular weight excluding hydrogens is 253 g/mol. The van der Waals surface area contributed by atoms with E-state index in [2.05, 4.69) is 5.32 Å². The van der Waals surface area contributed by atoms with Gasteiger partial charge in [-0.15, -0.1) is 0 Å². The van der Waals surface area contributed by atoms with E-state index >= 15 is 0 Å². The standard InChI is InChI=1S/C17H24FNO/c18-15-6-4-5-13(9-15)14-10-16(11-14)19-12-17(20)7-2-1-3-8-17/h4-6,9,14,16,19-20H,1-3,7-8,10-12H2. The van der Waals surface area contributed by atoms with Crippen molar-refractivity contribution >= 4 is 0 Å². The largest absolute Gasteiger partial charge is 0.389 e. The normalized spacial score (nSPS) is 28.9. The maximum atomic E-state index is 13.2. The Kier molecular flexibility index (Phi) is 4.08. The van der Waals surface area contributed by atoms with Crippen LogP contribution in [0.1, 0.15) is 56.4 Å². The Morgan fingerprint density at radius 3 is 2.65 bits per heavy atom. The van der Waals surface area contributed by atoms with E-state index in [1.54, 1.807) is 12.1 Å². The highest BCUT2D eigenvalue weighted by Gasteiger charge is 2.34. The van der Waals surface area contributed by atoms with Crippen LogP contribution in [0.4, 0.5) is 4.39 Å². The average Bonchev–Trinajstić information content (AvgIpc) is 2.38. The molecule has 1 aromatic carbocycles. The Balaban J connectivity index is 1.44. The fourth-order valence-electron chi connectivity index (χ4n) is 3.54. The minimum absolute atomic E-state index is 0.143. The molecule has 2 aliphatic rings. The van der Waals surface area contributed by atoms with Crippen LogP contribution in [-0.2, 0) is 0 Å². The molecule has 0 amide bonds. The minimum atomic E-state index is -0.484. The van der Waals surface area contributed by atoms with Crippen LogP contribution < -0.4 is 5.32 Å². The quantitative estimate of drug-likeness (QED) is 0.884. The van der Waals surface area contributed by atoms with Gasteiger partial charge < -0.3 is 10.4 Å². The predicted molar refractivity (Wildman–Crippen MR) is 78.2 cm³/mol. The summed E-state index contributed by atoms with van der Waals surface area (Å²) in [6.07, 6.45) is 7.52. The summed E-state index contributed by atoms with van der Waals surface area (Å²) in [5.74, 6) is 0.333. The summed E-state index contributed by atoms with van der Waals surface area (Å²) in [5, 5.41) is 13.9. The Hall–Kier alpha value is -0.930. The molecule has 0 atom stereocenters. The number of hydrogen-bond donors (Lipinski definition) is 2. The second-order valence-electron chi connectivity index (χ2n) is 6.59. The fraction of sp³-hybridized carbons (Fsp3) is 0.647. The molecule has 0 unspecified atom stereocenters. The summed E-state index contributed by atoms with van der Waals surface area (Å²) in [6, 6.07) is 7.43. The first-order chi connectivity index (χ1) is 9.65. The zero-order chi connectivity index (χ0) is 14.0. The van der Waals surface area contributed by atoms with Crippen LogP contribution in [0, 0.1) is 5.82 Å². The molecule has 0 aromatic heterocycles. The third kappa shape index (κ3) is 3.21. The van der Waals surface area contributed by atoms with Crippen LogP contribution in [0.15, 0.2) is 24.3 Å². The Morgan fingerprint density at radius 2 is 1.95 bits per heavy atom. The van der Waals surface area contributed by atoms with Crippen LogP contribution in [0.2, 0.25) is 0 Å². The predicted octanol–water partition coefficient (Wildman–Crippen LogP) is 3.36. The Labute approximate surface area is 120 Å². The maximum Gasteiger partial charge on any atom is 0.123 e. The SMILES string of the molecule is OC1(CNC2CC(c3cccc(F)c3)C2)CCCCC1. The molecule has 3 rings (SSSR count). The van der Waals surface area contributed by atoms with Crippen molar-refractivity contribution in [2.75, 3.05) is 6.54 Å². The Morgan fingerprint density at radius 1 is 1.20 bits per heavy atom. The van der Waals surface area contributed by atoms with Crippen LogP contribution in [-0.4, -0.2) is 23.3 Å². The van der Waals surface area contributed by atoms with E-state index in [4.69, 9.17) is 0 Å². The highest BCUT2D eigenvalue weighted by Crippen LogP contribution is 2.37. The van der Waals surface area contributed by atoms with E-state index in [-0.39, 0.29) is 5.82 Å². The van der Waals surface area contributed by atoms with Gasteiger partial charge in [-0.25, -0.2) is 4.39 Å². The molecule has 110 valence electrons. The van der Waals surface area contributed by atoms with Gasteiger partial charge in [-0.1, -0.05) is 31.4 Å². The summed E-state index contributed by atoms with van der Waals surface area (Å²) in [7, 11) is 0. The molecule has 20 heavy (non-hydrogen) atoms. The second-order valence-corrected chi connectivity index (χ2v) is 6.59. The van der Waals surface area contributed by atoms with E-state index < -0.39 is 5.60 Å². The molecule has 3 heteroatoms. The van der Waals surface area contributed by atoms with Crippen molar-refractivity contribution in [3.63, 3.8) is 0 Å². The molecular formula is C17H24FNO. The highest BCUT2D eigenvalue weighted by molar-refractivity contribution is 5.23. The summed E-state index contributed by atoms with van der Waals surface area (Å²) < 4.78 is 13.2. The van der Waals surface area contributed by atoms with Gasteiger partial charge in [0.1, 0.15) is 5.82 Å². The zero-order valence-corrected chi connectivity index (χ0v) is 11.9. The summed E-state index contributed by atoms with van der Waals surface area (Å²) in [5.41, 5.74) is 0.627. The lowest BCUT2D eigenvalue weighted by atomic mass is 9.75. The lowest BCUT2D eigenvalue weighted by Gasteiger charge is -2.40. The summed E-state index contributed by atoms with van der Waals surface area (Å²) in [6.45, 7) is 0.716.